The van der Waals surface area contributed by atoms with Crippen LogP contribution in [0, 0.1) is 0 Å². The minimum Gasteiger partial charge on any atom is -0.465 e. The molecule has 0 saturated carbocycles. The average Bonchev–Trinajstić information content (AvgIpc) is 2.59. The van der Waals surface area contributed by atoms with Crippen LogP contribution in [-0.2, 0) is 23.7 Å². The minimum absolute atomic E-state index is 0.215. The highest BCUT2D eigenvalue weighted by Crippen LogP contribution is 2.24. The van der Waals surface area contributed by atoms with Crippen LogP contribution in [0.3, 0.4) is 0 Å². The molecule has 0 spiro atoms. The highest BCUT2D eigenvalue weighted by atomic mass is 16.7. The Hall–Kier alpha value is -0.690. The van der Waals surface area contributed by atoms with Gasteiger partial charge in [-0.05, 0) is 0 Å². The first kappa shape index (κ1) is 9.85. The standard InChI is InChI=1S/C8H12O6/c1-11-7(10)8-13-3-5-6(14-8)4(9)2-12-5/h4-6,8-9H,2-3H2,1H3/t4-,5+,6+,8+/m0/s1. The smallest absolute Gasteiger partial charge is 0.363 e. The molecule has 0 aliphatic carbocycles. The molecule has 0 unspecified atom stereocenters. The van der Waals surface area contributed by atoms with Crippen molar-refractivity contribution in [2.45, 2.75) is 24.6 Å². The molecular formula is C8H12O6. The van der Waals surface area contributed by atoms with Crippen LogP contribution >= 0.6 is 0 Å². The van der Waals surface area contributed by atoms with Crippen molar-refractivity contribution >= 4 is 5.97 Å². The van der Waals surface area contributed by atoms with E-state index in [0.717, 1.165) is 0 Å². The lowest BCUT2D eigenvalue weighted by molar-refractivity contribution is -0.251. The summed E-state index contributed by atoms with van der Waals surface area (Å²) in [5.74, 6) is -0.595. The number of aliphatic hydroxyl groups is 1. The number of aliphatic hydroxyl groups excluding tert-OH is 1. The van der Waals surface area contributed by atoms with Crippen molar-refractivity contribution in [3.8, 4) is 0 Å². The van der Waals surface area contributed by atoms with Gasteiger partial charge in [0.15, 0.2) is 0 Å². The molecule has 1 N–H and O–H groups in total. The molecule has 2 saturated heterocycles. The molecule has 0 aromatic carbocycles. The molecule has 80 valence electrons. The van der Waals surface area contributed by atoms with Gasteiger partial charge in [-0.3, -0.25) is 0 Å². The van der Waals surface area contributed by atoms with Gasteiger partial charge in [0.05, 0.1) is 20.3 Å². The van der Waals surface area contributed by atoms with Gasteiger partial charge in [-0.15, -0.1) is 0 Å². The van der Waals surface area contributed by atoms with E-state index in [1.165, 1.54) is 7.11 Å². The Morgan fingerprint density at radius 2 is 2.21 bits per heavy atom. The molecule has 0 radical (unpaired) electrons. The van der Waals surface area contributed by atoms with Gasteiger partial charge in [0.2, 0.25) is 0 Å². The van der Waals surface area contributed by atoms with Crippen LogP contribution in [0.15, 0.2) is 0 Å². The van der Waals surface area contributed by atoms with Crippen LogP contribution in [0.5, 0.6) is 0 Å². The fraction of sp³-hybridized carbons (Fsp3) is 0.875. The van der Waals surface area contributed by atoms with Crippen LogP contribution in [0.25, 0.3) is 0 Å². The second kappa shape index (κ2) is 3.82. The van der Waals surface area contributed by atoms with Gasteiger partial charge in [-0.1, -0.05) is 0 Å². The lowest BCUT2D eigenvalue weighted by Crippen LogP contribution is -2.48. The summed E-state index contributed by atoms with van der Waals surface area (Å²) >= 11 is 0. The summed E-state index contributed by atoms with van der Waals surface area (Å²) in [6.07, 6.45) is -2.52. The lowest BCUT2D eigenvalue weighted by atomic mass is 10.1. The summed E-state index contributed by atoms with van der Waals surface area (Å²) in [5.41, 5.74) is 0. The normalized spacial score (nSPS) is 41.9. The Labute approximate surface area is 80.7 Å². The molecular weight excluding hydrogens is 192 g/mol. The van der Waals surface area contributed by atoms with Gasteiger partial charge in [0.25, 0.3) is 6.29 Å². The third-order valence-electron chi connectivity index (χ3n) is 2.31. The zero-order valence-corrected chi connectivity index (χ0v) is 7.71. The largest absolute Gasteiger partial charge is 0.465 e. The number of hydrogen-bond donors (Lipinski definition) is 1. The first-order valence-electron chi connectivity index (χ1n) is 4.37. The van der Waals surface area contributed by atoms with Crippen molar-refractivity contribution in [3.05, 3.63) is 0 Å². The molecule has 2 aliphatic heterocycles. The van der Waals surface area contributed by atoms with E-state index < -0.39 is 24.5 Å². The summed E-state index contributed by atoms with van der Waals surface area (Å²) in [7, 11) is 1.25. The summed E-state index contributed by atoms with van der Waals surface area (Å²) in [6, 6.07) is 0. The highest BCUT2D eigenvalue weighted by Gasteiger charge is 2.44. The van der Waals surface area contributed by atoms with E-state index in [-0.39, 0.29) is 19.3 Å². The summed E-state index contributed by atoms with van der Waals surface area (Å²) in [4.78, 5) is 11.1. The number of ether oxygens (including phenoxy) is 4. The van der Waals surface area contributed by atoms with Gasteiger partial charge < -0.3 is 24.1 Å². The number of carbonyl (C=O) groups is 1. The molecule has 0 bridgehead atoms. The Morgan fingerprint density at radius 1 is 1.43 bits per heavy atom. The van der Waals surface area contributed by atoms with Crippen molar-refractivity contribution in [1.29, 1.82) is 0 Å². The number of rotatable bonds is 1. The van der Waals surface area contributed by atoms with Crippen LogP contribution in [0.2, 0.25) is 0 Å². The van der Waals surface area contributed by atoms with E-state index in [1.54, 1.807) is 0 Å². The topological polar surface area (TPSA) is 74.2 Å². The Kier molecular flexibility index (Phi) is 2.69. The molecule has 0 aromatic heterocycles. The maximum Gasteiger partial charge on any atom is 0.363 e. The predicted molar refractivity (Wildman–Crippen MR) is 42.4 cm³/mol. The minimum atomic E-state index is -1.04. The second-order valence-corrected chi connectivity index (χ2v) is 3.23. The van der Waals surface area contributed by atoms with Gasteiger partial charge in [-0.25, -0.2) is 4.79 Å². The fourth-order valence-corrected chi connectivity index (χ4v) is 1.56. The molecule has 6 heteroatoms. The number of esters is 1. The number of methoxy groups -OCH3 is 1. The third-order valence-corrected chi connectivity index (χ3v) is 2.31. The van der Waals surface area contributed by atoms with E-state index in [1.807, 2.05) is 0 Å². The molecule has 2 aliphatic rings. The summed E-state index contributed by atoms with van der Waals surface area (Å²) in [5, 5.41) is 9.44. The number of fused-ring (bicyclic) bond motifs is 1. The Balaban J connectivity index is 1.98. The maximum atomic E-state index is 11.1. The van der Waals surface area contributed by atoms with Gasteiger partial charge in [-0.2, -0.15) is 0 Å². The lowest BCUT2D eigenvalue weighted by Gasteiger charge is -2.30. The molecule has 0 aromatic rings. The second-order valence-electron chi connectivity index (χ2n) is 3.23. The first-order valence-corrected chi connectivity index (χ1v) is 4.37. The fourth-order valence-electron chi connectivity index (χ4n) is 1.56. The van der Waals surface area contributed by atoms with Gasteiger partial charge in [0, 0.05) is 0 Å². The van der Waals surface area contributed by atoms with Crippen LogP contribution < -0.4 is 0 Å². The van der Waals surface area contributed by atoms with Crippen molar-refractivity contribution in [2.75, 3.05) is 20.3 Å². The molecule has 6 nitrogen and oxygen atoms in total. The first-order chi connectivity index (χ1) is 6.72. The molecule has 2 fully saturated rings. The number of hydrogen-bond acceptors (Lipinski definition) is 6. The number of carbonyl (C=O) groups excluding carboxylic acids is 1. The van der Waals surface area contributed by atoms with E-state index in [2.05, 4.69) is 4.74 Å². The Morgan fingerprint density at radius 3 is 2.93 bits per heavy atom. The van der Waals surface area contributed by atoms with E-state index in [9.17, 15) is 9.90 Å². The van der Waals surface area contributed by atoms with Crippen LogP contribution in [0.4, 0.5) is 0 Å². The van der Waals surface area contributed by atoms with E-state index in [4.69, 9.17) is 14.2 Å². The van der Waals surface area contributed by atoms with Crippen LogP contribution in [-0.4, -0.2) is 56.0 Å². The van der Waals surface area contributed by atoms with E-state index >= 15 is 0 Å². The summed E-state index contributed by atoms with van der Waals surface area (Å²) in [6.45, 7) is 0.452. The van der Waals surface area contributed by atoms with Crippen molar-refractivity contribution in [3.63, 3.8) is 0 Å². The molecule has 14 heavy (non-hydrogen) atoms. The molecule has 0 amide bonds. The van der Waals surface area contributed by atoms with Gasteiger partial charge >= 0.3 is 5.97 Å². The molecule has 2 heterocycles. The molecule has 4 atom stereocenters. The van der Waals surface area contributed by atoms with Crippen molar-refractivity contribution < 1.29 is 28.8 Å². The maximum absolute atomic E-state index is 11.1. The zero-order chi connectivity index (χ0) is 10.1. The zero-order valence-electron chi connectivity index (χ0n) is 7.71. The van der Waals surface area contributed by atoms with Gasteiger partial charge in [0.1, 0.15) is 18.3 Å². The highest BCUT2D eigenvalue weighted by molar-refractivity contribution is 5.73. The van der Waals surface area contributed by atoms with Crippen molar-refractivity contribution in [2.24, 2.45) is 0 Å². The van der Waals surface area contributed by atoms with Crippen LogP contribution in [0.1, 0.15) is 0 Å². The quantitative estimate of drug-likeness (QED) is 0.533. The Bertz CT molecular complexity index is 230. The average molecular weight is 204 g/mol. The summed E-state index contributed by atoms with van der Waals surface area (Å²) < 4.78 is 19.9. The molecule has 2 rings (SSSR count). The third kappa shape index (κ3) is 1.61. The predicted octanol–water partition coefficient (Wildman–Crippen LogP) is -1.34. The van der Waals surface area contributed by atoms with Crippen molar-refractivity contribution in [1.82, 2.24) is 0 Å². The van der Waals surface area contributed by atoms with E-state index in [0.29, 0.717) is 0 Å². The monoisotopic (exact) mass is 204 g/mol. The SMILES string of the molecule is COC(=O)[C@@H]1OC[C@H]2OC[C@H](O)[C@H]2O1.